The molecule has 3 rings (SSSR count). The largest absolute Gasteiger partial charge is 0.375 e. The molecule has 134 valence electrons. The normalized spacial score (nSPS) is 30.5. The first kappa shape index (κ1) is 19.5. The number of halogens is 2. The van der Waals surface area contributed by atoms with E-state index in [9.17, 15) is 4.79 Å². The number of methoxy groups -OCH3 is 1. The molecule has 4 nitrogen and oxygen atoms in total. The number of hydrogen-bond donors (Lipinski definition) is 2. The van der Waals surface area contributed by atoms with Gasteiger partial charge in [0.05, 0.1) is 12.0 Å². The molecule has 6 heteroatoms. The molecule has 3 N–H and O–H groups in total. The maximum absolute atomic E-state index is 12.7. The topological polar surface area (TPSA) is 64.3 Å². The van der Waals surface area contributed by atoms with E-state index in [1.165, 1.54) is 6.42 Å². The predicted molar refractivity (Wildman–Crippen MR) is 98.4 cm³/mol. The standard InChI is InChI=1S/C18H25ClN2O2.ClH/c1-10(17(23-2)11-5-7-14(19)8-6-11)21-18(22)15-12-3-4-13(9-12)16(15)20;/h5-8,10,12-13,15-17H,3-4,9,20H2,1-2H3,(H,21,22);1H. The third-order valence-corrected chi connectivity index (χ3v) is 5.81. The van der Waals surface area contributed by atoms with Gasteiger partial charge in [-0.1, -0.05) is 23.7 Å². The molecule has 2 fully saturated rings. The quantitative estimate of drug-likeness (QED) is 0.832. The molecule has 2 bridgehead atoms. The molecule has 0 radical (unpaired) electrons. The molecule has 0 spiro atoms. The maximum Gasteiger partial charge on any atom is 0.225 e. The van der Waals surface area contributed by atoms with Crippen LogP contribution in [-0.2, 0) is 9.53 Å². The Morgan fingerprint density at radius 2 is 1.92 bits per heavy atom. The zero-order valence-corrected chi connectivity index (χ0v) is 15.6. The van der Waals surface area contributed by atoms with Gasteiger partial charge < -0.3 is 15.8 Å². The van der Waals surface area contributed by atoms with Crippen LogP contribution in [0.4, 0.5) is 0 Å². The van der Waals surface area contributed by atoms with Crippen molar-refractivity contribution in [3.05, 3.63) is 34.9 Å². The molecule has 2 aliphatic rings. The fraction of sp³-hybridized carbons (Fsp3) is 0.611. The van der Waals surface area contributed by atoms with Crippen molar-refractivity contribution in [3.8, 4) is 0 Å². The number of nitrogens with one attached hydrogen (secondary N) is 1. The van der Waals surface area contributed by atoms with Crippen LogP contribution in [-0.4, -0.2) is 25.1 Å². The number of carbonyl (C=O) groups excluding carboxylic acids is 1. The summed E-state index contributed by atoms with van der Waals surface area (Å²) < 4.78 is 5.60. The van der Waals surface area contributed by atoms with Gasteiger partial charge in [-0.3, -0.25) is 4.79 Å². The molecule has 0 aromatic heterocycles. The SMILES string of the molecule is COC(c1ccc(Cl)cc1)C(C)NC(=O)C1C2CCC(C2)C1N.Cl. The summed E-state index contributed by atoms with van der Waals surface area (Å²) in [7, 11) is 1.66. The van der Waals surface area contributed by atoms with E-state index in [0.717, 1.165) is 18.4 Å². The Balaban J connectivity index is 0.00000208. The van der Waals surface area contributed by atoms with Crippen LogP contribution in [0.15, 0.2) is 24.3 Å². The first-order valence-electron chi connectivity index (χ1n) is 8.35. The molecule has 6 unspecified atom stereocenters. The van der Waals surface area contributed by atoms with E-state index in [1.54, 1.807) is 7.11 Å². The minimum Gasteiger partial charge on any atom is -0.375 e. The summed E-state index contributed by atoms with van der Waals surface area (Å²) in [6.07, 6.45) is 3.22. The number of nitrogens with two attached hydrogens (primary N) is 1. The van der Waals surface area contributed by atoms with Crippen LogP contribution in [0, 0.1) is 17.8 Å². The lowest BCUT2D eigenvalue weighted by molar-refractivity contribution is -0.128. The summed E-state index contributed by atoms with van der Waals surface area (Å²) in [5.41, 5.74) is 7.27. The minimum atomic E-state index is -0.203. The van der Waals surface area contributed by atoms with E-state index in [4.69, 9.17) is 22.1 Å². The third-order valence-electron chi connectivity index (χ3n) is 5.56. The van der Waals surface area contributed by atoms with E-state index in [0.29, 0.717) is 16.9 Å². The van der Waals surface area contributed by atoms with Crippen molar-refractivity contribution in [2.45, 2.75) is 44.4 Å². The molecule has 24 heavy (non-hydrogen) atoms. The zero-order chi connectivity index (χ0) is 16.6. The van der Waals surface area contributed by atoms with E-state index in [1.807, 2.05) is 31.2 Å². The smallest absolute Gasteiger partial charge is 0.225 e. The highest BCUT2D eigenvalue weighted by molar-refractivity contribution is 6.30. The van der Waals surface area contributed by atoms with Crippen LogP contribution in [0.3, 0.4) is 0 Å². The van der Waals surface area contributed by atoms with Crippen molar-refractivity contribution < 1.29 is 9.53 Å². The molecule has 1 amide bonds. The molecule has 0 saturated heterocycles. The summed E-state index contributed by atoms with van der Waals surface area (Å²) in [5.74, 6) is 1.02. The van der Waals surface area contributed by atoms with Gasteiger partial charge in [0.15, 0.2) is 0 Å². The highest BCUT2D eigenvalue weighted by Crippen LogP contribution is 2.47. The summed E-state index contributed by atoms with van der Waals surface area (Å²) >= 11 is 5.94. The Morgan fingerprint density at radius 1 is 1.29 bits per heavy atom. The average molecular weight is 373 g/mol. The van der Waals surface area contributed by atoms with Crippen LogP contribution in [0.2, 0.25) is 5.02 Å². The fourth-order valence-electron chi connectivity index (χ4n) is 4.40. The van der Waals surface area contributed by atoms with Crippen molar-refractivity contribution in [1.82, 2.24) is 5.32 Å². The van der Waals surface area contributed by atoms with Gasteiger partial charge in [0.1, 0.15) is 6.10 Å². The molecular formula is C18H26Cl2N2O2. The Kier molecular flexibility index (Phi) is 6.54. The number of carbonyl (C=O) groups is 1. The van der Waals surface area contributed by atoms with Crippen LogP contribution >= 0.6 is 24.0 Å². The number of fused-ring (bicyclic) bond motifs is 2. The first-order valence-corrected chi connectivity index (χ1v) is 8.73. The highest BCUT2D eigenvalue weighted by Gasteiger charge is 2.49. The van der Waals surface area contributed by atoms with Gasteiger partial charge in [0.25, 0.3) is 0 Å². The van der Waals surface area contributed by atoms with Crippen LogP contribution < -0.4 is 11.1 Å². The van der Waals surface area contributed by atoms with Gasteiger partial charge >= 0.3 is 0 Å². The van der Waals surface area contributed by atoms with Gasteiger partial charge in [-0.25, -0.2) is 0 Å². The second kappa shape index (κ2) is 8.05. The van der Waals surface area contributed by atoms with Crippen molar-refractivity contribution in [2.75, 3.05) is 7.11 Å². The number of rotatable bonds is 5. The van der Waals surface area contributed by atoms with Crippen molar-refractivity contribution >= 4 is 29.9 Å². The van der Waals surface area contributed by atoms with E-state index >= 15 is 0 Å². The van der Waals surface area contributed by atoms with Crippen LogP contribution in [0.1, 0.15) is 37.9 Å². The van der Waals surface area contributed by atoms with Crippen molar-refractivity contribution in [3.63, 3.8) is 0 Å². The maximum atomic E-state index is 12.7. The van der Waals surface area contributed by atoms with E-state index in [-0.39, 0.29) is 42.4 Å². The van der Waals surface area contributed by atoms with Gasteiger partial charge in [0, 0.05) is 18.2 Å². The van der Waals surface area contributed by atoms with E-state index < -0.39 is 0 Å². The van der Waals surface area contributed by atoms with Gasteiger partial charge in [-0.05, 0) is 55.7 Å². The third kappa shape index (κ3) is 3.72. The monoisotopic (exact) mass is 372 g/mol. The van der Waals surface area contributed by atoms with Crippen LogP contribution in [0.5, 0.6) is 0 Å². The second-order valence-electron chi connectivity index (χ2n) is 6.94. The molecule has 1 aromatic rings. The average Bonchev–Trinajstić information content (AvgIpc) is 3.10. The van der Waals surface area contributed by atoms with Crippen molar-refractivity contribution in [1.29, 1.82) is 0 Å². The second-order valence-corrected chi connectivity index (χ2v) is 7.38. The molecule has 0 aliphatic heterocycles. The molecular weight excluding hydrogens is 347 g/mol. The summed E-state index contributed by atoms with van der Waals surface area (Å²) in [4.78, 5) is 12.7. The number of hydrogen-bond acceptors (Lipinski definition) is 3. The molecule has 1 aromatic carbocycles. The van der Waals surface area contributed by atoms with Gasteiger partial charge in [0.2, 0.25) is 5.91 Å². The lowest BCUT2D eigenvalue weighted by atomic mass is 9.84. The van der Waals surface area contributed by atoms with Gasteiger partial charge in [-0.15, -0.1) is 12.4 Å². The minimum absolute atomic E-state index is 0. The predicted octanol–water partition coefficient (Wildman–Crippen LogP) is 3.33. The Bertz CT molecular complexity index is 565. The lowest BCUT2D eigenvalue weighted by Gasteiger charge is -2.30. The Morgan fingerprint density at radius 3 is 2.46 bits per heavy atom. The Labute approximate surface area is 154 Å². The summed E-state index contributed by atoms with van der Waals surface area (Å²) in [5, 5.41) is 3.81. The zero-order valence-electron chi connectivity index (χ0n) is 14.1. The molecule has 2 saturated carbocycles. The molecule has 6 atom stereocenters. The fourth-order valence-corrected chi connectivity index (χ4v) is 4.53. The first-order chi connectivity index (χ1) is 11.0. The number of amides is 1. The number of ether oxygens (including phenoxy) is 1. The lowest BCUT2D eigenvalue weighted by Crippen LogP contribution is -2.48. The van der Waals surface area contributed by atoms with Gasteiger partial charge in [-0.2, -0.15) is 0 Å². The summed E-state index contributed by atoms with van der Waals surface area (Å²) in [6.45, 7) is 1.97. The number of benzene rings is 1. The molecule has 0 heterocycles. The Hall–Kier alpha value is -0.810. The molecule has 2 aliphatic carbocycles. The van der Waals surface area contributed by atoms with Crippen LogP contribution in [0.25, 0.3) is 0 Å². The highest BCUT2D eigenvalue weighted by atomic mass is 35.5. The summed E-state index contributed by atoms with van der Waals surface area (Å²) in [6, 6.07) is 7.43. The van der Waals surface area contributed by atoms with Crippen molar-refractivity contribution in [2.24, 2.45) is 23.5 Å². The van der Waals surface area contributed by atoms with E-state index in [2.05, 4.69) is 5.32 Å².